The Morgan fingerprint density at radius 1 is 1.20 bits per heavy atom. The zero-order chi connectivity index (χ0) is 18.6. The van der Waals surface area contributed by atoms with Crippen LogP contribution in [0.25, 0.3) is 0 Å². The van der Waals surface area contributed by atoms with Crippen LogP contribution in [0, 0.1) is 37.9 Å². The molecular weight excluding hydrogens is 317 g/mol. The van der Waals surface area contributed by atoms with Gasteiger partial charge in [-0.05, 0) is 51.1 Å². The van der Waals surface area contributed by atoms with E-state index in [1.807, 2.05) is 39.0 Å². The van der Waals surface area contributed by atoms with E-state index >= 15 is 0 Å². The second-order valence-electron chi connectivity index (χ2n) is 6.41. The summed E-state index contributed by atoms with van der Waals surface area (Å²) in [5, 5.41) is 11.7. The second-order valence-corrected chi connectivity index (χ2v) is 6.41. The number of aryl methyl sites for hydroxylation is 3. The van der Waals surface area contributed by atoms with Gasteiger partial charge >= 0.3 is 0 Å². The third-order valence-corrected chi connectivity index (χ3v) is 3.98. The largest absolute Gasteiger partial charge is 0.324 e. The summed E-state index contributed by atoms with van der Waals surface area (Å²) in [7, 11) is 1.76. The Balaban J connectivity index is 2.00. The first-order valence-corrected chi connectivity index (χ1v) is 8.05. The lowest BCUT2D eigenvalue weighted by atomic mass is 10.1. The molecule has 1 amide bonds. The van der Waals surface area contributed by atoms with Gasteiger partial charge < -0.3 is 5.32 Å². The van der Waals surface area contributed by atoms with Crippen molar-refractivity contribution in [1.82, 2.24) is 4.90 Å². The van der Waals surface area contributed by atoms with Crippen LogP contribution in [0.1, 0.15) is 27.8 Å². The van der Waals surface area contributed by atoms with Gasteiger partial charge in [0.1, 0.15) is 5.82 Å². The molecule has 0 saturated carbocycles. The van der Waals surface area contributed by atoms with E-state index < -0.39 is 5.82 Å². The average Bonchev–Trinajstić information content (AvgIpc) is 2.52. The van der Waals surface area contributed by atoms with Gasteiger partial charge in [0.05, 0.1) is 18.2 Å². The Morgan fingerprint density at radius 2 is 1.84 bits per heavy atom. The first-order chi connectivity index (χ1) is 11.8. The van der Waals surface area contributed by atoms with Gasteiger partial charge in [-0.3, -0.25) is 9.69 Å². The standard InChI is InChI=1S/C20H22FN3O/c1-13-7-14(2)20(15(3)8-13)23-19(25)12-24(4)11-17-6-5-16(10-22)9-18(17)21/h5-9H,11-12H2,1-4H3,(H,23,25). The van der Waals surface area contributed by atoms with Crippen LogP contribution in [0.15, 0.2) is 30.3 Å². The van der Waals surface area contributed by atoms with Crippen LogP contribution in [0.4, 0.5) is 10.1 Å². The van der Waals surface area contributed by atoms with Gasteiger partial charge in [0, 0.05) is 17.8 Å². The first kappa shape index (κ1) is 18.6. The van der Waals surface area contributed by atoms with E-state index in [1.54, 1.807) is 24.1 Å². The van der Waals surface area contributed by atoms with Crippen molar-refractivity contribution < 1.29 is 9.18 Å². The normalized spacial score (nSPS) is 10.6. The highest BCUT2D eigenvalue weighted by Crippen LogP contribution is 2.22. The number of hydrogen-bond donors (Lipinski definition) is 1. The van der Waals surface area contributed by atoms with E-state index in [1.165, 1.54) is 6.07 Å². The minimum absolute atomic E-state index is 0.145. The number of nitriles is 1. The van der Waals surface area contributed by atoms with Crippen molar-refractivity contribution in [3.8, 4) is 6.07 Å². The zero-order valence-corrected chi connectivity index (χ0v) is 15.0. The molecule has 5 heteroatoms. The Labute approximate surface area is 147 Å². The molecule has 0 aliphatic rings. The predicted molar refractivity (Wildman–Crippen MR) is 96.7 cm³/mol. The lowest BCUT2D eigenvalue weighted by molar-refractivity contribution is -0.117. The van der Waals surface area contributed by atoms with E-state index in [9.17, 15) is 9.18 Å². The zero-order valence-electron chi connectivity index (χ0n) is 15.0. The highest BCUT2D eigenvalue weighted by Gasteiger charge is 2.12. The number of amides is 1. The maximum absolute atomic E-state index is 13.9. The molecule has 0 bridgehead atoms. The Morgan fingerprint density at radius 3 is 2.40 bits per heavy atom. The maximum Gasteiger partial charge on any atom is 0.238 e. The van der Waals surface area contributed by atoms with Gasteiger partial charge in [0.2, 0.25) is 5.91 Å². The Bertz CT molecular complexity index is 816. The fourth-order valence-electron chi connectivity index (χ4n) is 2.89. The lowest BCUT2D eigenvalue weighted by Crippen LogP contribution is -2.30. The van der Waals surface area contributed by atoms with E-state index in [0.717, 1.165) is 22.4 Å². The molecule has 25 heavy (non-hydrogen) atoms. The molecule has 0 aromatic heterocycles. The average molecular weight is 339 g/mol. The van der Waals surface area contributed by atoms with E-state index in [4.69, 9.17) is 5.26 Å². The quantitative estimate of drug-likeness (QED) is 0.904. The molecule has 0 atom stereocenters. The Kier molecular flexibility index (Phi) is 5.89. The number of nitrogens with zero attached hydrogens (tertiary/aromatic N) is 2. The SMILES string of the molecule is Cc1cc(C)c(NC(=O)CN(C)Cc2ccc(C#N)cc2F)c(C)c1. The number of hydrogen-bond acceptors (Lipinski definition) is 3. The fraction of sp³-hybridized carbons (Fsp3) is 0.300. The first-order valence-electron chi connectivity index (χ1n) is 8.05. The topological polar surface area (TPSA) is 56.1 Å². The summed E-state index contributed by atoms with van der Waals surface area (Å²) >= 11 is 0. The molecule has 1 N–H and O–H groups in total. The van der Waals surface area contributed by atoms with Crippen molar-refractivity contribution in [2.45, 2.75) is 27.3 Å². The summed E-state index contributed by atoms with van der Waals surface area (Å²) < 4.78 is 13.9. The number of rotatable bonds is 5. The number of likely N-dealkylation sites (N-methyl/N-ethyl adjacent to an activating group) is 1. The third-order valence-electron chi connectivity index (χ3n) is 3.98. The van der Waals surface area contributed by atoms with Crippen LogP contribution in [0.3, 0.4) is 0 Å². The second kappa shape index (κ2) is 7.91. The fourth-order valence-corrected chi connectivity index (χ4v) is 2.89. The minimum Gasteiger partial charge on any atom is -0.324 e. The van der Waals surface area contributed by atoms with Gasteiger partial charge in [-0.25, -0.2) is 4.39 Å². The van der Waals surface area contributed by atoms with E-state index in [-0.39, 0.29) is 24.6 Å². The van der Waals surface area contributed by atoms with Crippen LogP contribution in [0.5, 0.6) is 0 Å². The molecule has 0 fully saturated rings. The van der Waals surface area contributed by atoms with Crippen LogP contribution in [-0.4, -0.2) is 24.4 Å². The van der Waals surface area contributed by atoms with Gasteiger partial charge in [-0.15, -0.1) is 0 Å². The summed E-state index contributed by atoms with van der Waals surface area (Å²) in [6.45, 7) is 6.38. The highest BCUT2D eigenvalue weighted by atomic mass is 19.1. The molecule has 2 aromatic carbocycles. The van der Waals surface area contributed by atoms with Crippen LogP contribution in [0.2, 0.25) is 0 Å². The predicted octanol–water partition coefficient (Wildman–Crippen LogP) is 3.69. The molecule has 0 saturated heterocycles. The van der Waals surface area contributed by atoms with Crippen molar-refractivity contribution in [3.05, 3.63) is 64.0 Å². The van der Waals surface area contributed by atoms with E-state index in [0.29, 0.717) is 5.56 Å². The van der Waals surface area contributed by atoms with Gasteiger partial charge in [0.25, 0.3) is 0 Å². The van der Waals surface area contributed by atoms with Gasteiger partial charge in [-0.2, -0.15) is 5.26 Å². The molecule has 0 unspecified atom stereocenters. The molecular formula is C20H22FN3O. The summed E-state index contributed by atoms with van der Waals surface area (Å²) in [4.78, 5) is 14.0. The third kappa shape index (κ3) is 4.88. The van der Waals surface area contributed by atoms with Gasteiger partial charge in [0.15, 0.2) is 0 Å². The minimum atomic E-state index is -0.434. The Hall–Kier alpha value is -2.71. The number of carbonyl (C=O) groups is 1. The number of nitrogens with one attached hydrogen (secondary N) is 1. The van der Waals surface area contributed by atoms with Crippen molar-refractivity contribution in [2.75, 3.05) is 18.9 Å². The van der Waals surface area contributed by atoms with Crippen molar-refractivity contribution >= 4 is 11.6 Å². The maximum atomic E-state index is 13.9. The number of carbonyl (C=O) groups excluding carboxylic acids is 1. The van der Waals surface area contributed by atoms with Crippen molar-refractivity contribution in [1.29, 1.82) is 5.26 Å². The van der Waals surface area contributed by atoms with Gasteiger partial charge in [-0.1, -0.05) is 23.8 Å². The molecule has 0 aliphatic carbocycles. The molecule has 0 radical (unpaired) electrons. The highest BCUT2D eigenvalue weighted by molar-refractivity contribution is 5.93. The van der Waals surface area contributed by atoms with E-state index in [2.05, 4.69) is 5.32 Å². The molecule has 2 aromatic rings. The van der Waals surface area contributed by atoms with Crippen molar-refractivity contribution in [2.24, 2.45) is 0 Å². The number of benzene rings is 2. The molecule has 4 nitrogen and oxygen atoms in total. The summed E-state index contributed by atoms with van der Waals surface area (Å²) in [6, 6.07) is 10.3. The molecule has 130 valence electrons. The molecule has 0 spiro atoms. The molecule has 0 heterocycles. The smallest absolute Gasteiger partial charge is 0.238 e. The van der Waals surface area contributed by atoms with Crippen LogP contribution in [-0.2, 0) is 11.3 Å². The summed E-state index contributed by atoms with van der Waals surface area (Å²) in [5.41, 5.74) is 4.76. The van der Waals surface area contributed by atoms with Crippen molar-refractivity contribution in [3.63, 3.8) is 0 Å². The van der Waals surface area contributed by atoms with Crippen LogP contribution >= 0.6 is 0 Å². The van der Waals surface area contributed by atoms with Crippen LogP contribution < -0.4 is 5.32 Å². The molecule has 2 rings (SSSR count). The number of anilines is 1. The number of halogens is 1. The summed E-state index contributed by atoms with van der Waals surface area (Å²) in [5.74, 6) is -0.580. The monoisotopic (exact) mass is 339 g/mol. The summed E-state index contributed by atoms with van der Waals surface area (Å²) in [6.07, 6.45) is 0. The molecule has 0 aliphatic heterocycles. The lowest BCUT2D eigenvalue weighted by Gasteiger charge is -2.18.